The van der Waals surface area contributed by atoms with E-state index >= 15 is 0 Å². The van der Waals surface area contributed by atoms with Gasteiger partial charge in [0.1, 0.15) is 9.71 Å². The van der Waals surface area contributed by atoms with Crippen molar-refractivity contribution in [3.63, 3.8) is 0 Å². The summed E-state index contributed by atoms with van der Waals surface area (Å²) < 4.78 is 42.7. The van der Waals surface area contributed by atoms with Gasteiger partial charge in [0.25, 0.3) is 6.43 Å². The number of ketones is 1. The summed E-state index contributed by atoms with van der Waals surface area (Å²) in [5.41, 5.74) is 6.50. The van der Waals surface area contributed by atoms with E-state index in [1.165, 1.54) is 39.5 Å². The van der Waals surface area contributed by atoms with Gasteiger partial charge in [0.05, 0.1) is 27.0 Å². The van der Waals surface area contributed by atoms with E-state index in [0.717, 1.165) is 11.3 Å². The summed E-state index contributed by atoms with van der Waals surface area (Å²) in [6.45, 7) is 1.61. The highest BCUT2D eigenvalue weighted by Gasteiger charge is 2.25. The number of ether oxygens (including phenoxy) is 3. The average molecular weight is 408 g/mol. The minimum atomic E-state index is -2.73. The Labute approximate surface area is 163 Å². The molecule has 2 N–H and O–H groups in total. The summed E-state index contributed by atoms with van der Waals surface area (Å²) in [6, 6.07) is 4.25. The molecule has 9 heteroatoms. The average Bonchev–Trinajstić information content (AvgIpc) is 3.01. The second-order valence-corrected chi connectivity index (χ2v) is 6.92. The number of anilines is 1. The normalized spacial score (nSPS) is 11.1. The molecular weight excluding hydrogens is 390 g/mol. The molecule has 3 rings (SSSR count). The summed E-state index contributed by atoms with van der Waals surface area (Å²) in [5.74, 6) is 0.486. The predicted octanol–water partition coefficient (Wildman–Crippen LogP) is 4.38. The van der Waals surface area contributed by atoms with Gasteiger partial charge in [0, 0.05) is 22.2 Å². The maximum atomic E-state index is 13.5. The van der Waals surface area contributed by atoms with Crippen molar-refractivity contribution in [2.75, 3.05) is 27.1 Å². The number of pyridine rings is 1. The van der Waals surface area contributed by atoms with Crippen LogP contribution in [0.4, 0.5) is 14.5 Å². The van der Waals surface area contributed by atoms with Gasteiger partial charge < -0.3 is 19.9 Å². The molecule has 2 heterocycles. The Morgan fingerprint density at radius 3 is 2.21 bits per heavy atom. The van der Waals surface area contributed by atoms with Gasteiger partial charge in [-0.15, -0.1) is 11.3 Å². The van der Waals surface area contributed by atoms with E-state index in [1.807, 2.05) is 0 Å². The SMILES string of the molecule is COc1cc(C(=O)c2sc3nc(C)cc(C(F)F)c3c2N)cc(OC)c1OC. The minimum absolute atomic E-state index is 0.0125. The van der Waals surface area contributed by atoms with Gasteiger partial charge in [0.15, 0.2) is 11.5 Å². The lowest BCUT2D eigenvalue weighted by atomic mass is 10.0. The fourth-order valence-electron chi connectivity index (χ4n) is 2.96. The molecule has 28 heavy (non-hydrogen) atoms. The first kappa shape index (κ1) is 19.8. The number of nitrogens with zero attached hydrogens (tertiary/aromatic N) is 1. The van der Waals surface area contributed by atoms with Crippen molar-refractivity contribution < 1.29 is 27.8 Å². The molecule has 6 nitrogen and oxygen atoms in total. The van der Waals surface area contributed by atoms with E-state index in [2.05, 4.69) is 4.98 Å². The van der Waals surface area contributed by atoms with Crippen molar-refractivity contribution in [3.05, 3.63) is 39.9 Å². The van der Waals surface area contributed by atoms with Crippen LogP contribution < -0.4 is 19.9 Å². The number of nitrogens with two attached hydrogens (primary N) is 1. The molecule has 0 amide bonds. The van der Waals surface area contributed by atoms with E-state index in [1.54, 1.807) is 6.92 Å². The Morgan fingerprint density at radius 1 is 1.11 bits per heavy atom. The topological polar surface area (TPSA) is 83.7 Å². The number of fused-ring (bicyclic) bond motifs is 1. The van der Waals surface area contributed by atoms with Crippen LogP contribution in [0.1, 0.15) is 32.9 Å². The molecule has 0 fully saturated rings. The number of alkyl halides is 2. The van der Waals surface area contributed by atoms with Crippen molar-refractivity contribution >= 4 is 33.0 Å². The van der Waals surface area contributed by atoms with E-state index in [9.17, 15) is 13.6 Å². The van der Waals surface area contributed by atoms with Crippen LogP contribution >= 0.6 is 11.3 Å². The summed E-state index contributed by atoms with van der Waals surface area (Å²) in [4.78, 5) is 17.8. The number of thiophene rings is 1. The van der Waals surface area contributed by atoms with Gasteiger partial charge in [-0.2, -0.15) is 0 Å². The number of halogens is 2. The van der Waals surface area contributed by atoms with Crippen molar-refractivity contribution in [3.8, 4) is 17.2 Å². The quantitative estimate of drug-likeness (QED) is 0.610. The van der Waals surface area contributed by atoms with Gasteiger partial charge in [-0.05, 0) is 25.1 Å². The summed E-state index contributed by atoms with van der Waals surface area (Å²) >= 11 is 0.978. The monoisotopic (exact) mass is 408 g/mol. The third-order valence-corrected chi connectivity index (χ3v) is 5.32. The van der Waals surface area contributed by atoms with E-state index in [0.29, 0.717) is 27.8 Å². The van der Waals surface area contributed by atoms with E-state index in [-0.39, 0.29) is 27.1 Å². The lowest BCUT2D eigenvalue weighted by molar-refractivity contribution is 0.104. The van der Waals surface area contributed by atoms with Crippen LogP contribution in [0, 0.1) is 6.92 Å². The number of nitrogen functional groups attached to an aromatic ring is 1. The molecule has 0 aliphatic rings. The van der Waals surface area contributed by atoms with Crippen molar-refractivity contribution in [2.24, 2.45) is 0 Å². The number of benzene rings is 1. The maximum Gasteiger partial charge on any atom is 0.264 e. The number of rotatable bonds is 6. The maximum absolute atomic E-state index is 13.5. The highest BCUT2D eigenvalue weighted by Crippen LogP contribution is 2.42. The molecule has 0 unspecified atom stereocenters. The fraction of sp³-hybridized carbons (Fsp3) is 0.263. The molecule has 0 radical (unpaired) electrons. The minimum Gasteiger partial charge on any atom is -0.493 e. The van der Waals surface area contributed by atoms with Gasteiger partial charge >= 0.3 is 0 Å². The first-order valence-corrected chi connectivity index (χ1v) is 8.96. The molecule has 2 aromatic heterocycles. The molecule has 0 aliphatic carbocycles. The zero-order valence-electron chi connectivity index (χ0n) is 15.6. The third kappa shape index (κ3) is 3.22. The third-order valence-electron chi connectivity index (χ3n) is 4.23. The van der Waals surface area contributed by atoms with Crippen molar-refractivity contribution in [2.45, 2.75) is 13.3 Å². The number of methoxy groups -OCH3 is 3. The van der Waals surface area contributed by atoms with Crippen molar-refractivity contribution in [1.29, 1.82) is 0 Å². The van der Waals surface area contributed by atoms with E-state index < -0.39 is 12.2 Å². The molecule has 3 aromatic rings. The molecule has 0 aliphatic heterocycles. The number of hydrogen-bond donors (Lipinski definition) is 1. The number of carbonyl (C=O) groups is 1. The Hall–Kier alpha value is -2.94. The molecule has 148 valence electrons. The first-order valence-electron chi connectivity index (χ1n) is 8.14. The molecule has 0 atom stereocenters. The van der Waals surface area contributed by atoms with Crippen LogP contribution in [0.15, 0.2) is 18.2 Å². The van der Waals surface area contributed by atoms with Gasteiger partial charge in [-0.25, -0.2) is 13.8 Å². The number of aromatic nitrogens is 1. The number of hydrogen-bond acceptors (Lipinski definition) is 7. The molecule has 0 bridgehead atoms. The second-order valence-electron chi connectivity index (χ2n) is 5.92. The lowest BCUT2D eigenvalue weighted by Crippen LogP contribution is -2.05. The summed E-state index contributed by atoms with van der Waals surface area (Å²) in [7, 11) is 4.31. The molecule has 0 saturated heterocycles. The van der Waals surface area contributed by atoms with Crippen LogP contribution in [0.3, 0.4) is 0 Å². The highest BCUT2D eigenvalue weighted by molar-refractivity contribution is 7.21. The van der Waals surface area contributed by atoms with Crippen molar-refractivity contribution in [1.82, 2.24) is 4.98 Å². The van der Waals surface area contributed by atoms with Crippen LogP contribution in [0.25, 0.3) is 10.2 Å². The van der Waals surface area contributed by atoms with Gasteiger partial charge in [-0.1, -0.05) is 0 Å². The standard InChI is InChI=1S/C19H18F2N2O4S/c1-8-5-10(18(20)21)13-14(22)17(28-19(13)23-8)15(24)9-6-11(25-2)16(27-4)12(7-9)26-3/h5-7,18H,22H2,1-4H3. The van der Waals surface area contributed by atoms with Crippen LogP contribution in [0.5, 0.6) is 17.2 Å². The van der Waals surface area contributed by atoms with Crippen LogP contribution in [0.2, 0.25) is 0 Å². The Kier molecular flexibility index (Phi) is 5.37. The van der Waals surface area contributed by atoms with Crippen LogP contribution in [-0.2, 0) is 0 Å². The second kappa shape index (κ2) is 7.59. The Bertz CT molecular complexity index is 1040. The number of carbonyl (C=O) groups excluding carboxylic acids is 1. The molecular formula is C19H18F2N2O4S. The van der Waals surface area contributed by atoms with E-state index in [4.69, 9.17) is 19.9 Å². The molecule has 1 aromatic carbocycles. The number of aryl methyl sites for hydroxylation is 1. The zero-order chi connectivity index (χ0) is 20.6. The highest BCUT2D eigenvalue weighted by atomic mass is 32.1. The largest absolute Gasteiger partial charge is 0.493 e. The molecule has 0 spiro atoms. The summed E-state index contributed by atoms with van der Waals surface area (Å²) in [5, 5.41) is 0.112. The lowest BCUT2D eigenvalue weighted by Gasteiger charge is -2.13. The smallest absolute Gasteiger partial charge is 0.264 e. The van der Waals surface area contributed by atoms with Crippen LogP contribution in [-0.4, -0.2) is 32.1 Å². The van der Waals surface area contributed by atoms with Gasteiger partial charge in [0.2, 0.25) is 11.5 Å². The Balaban J connectivity index is 2.20. The fourth-order valence-corrected chi connectivity index (χ4v) is 4.10. The summed E-state index contributed by atoms with van der Waals surface area (Å²) in [6.07, 6.45) is -2.73. The first-order chi connectivity index (χ1) is 13.3. The van der Waals surface area contributed by atoms with Gasteiger partial charge in [-0.3, -0.25) is 4.79 Å². The predicted molar refractivity (Wildman–Crippen MR) is 103 cm³/mol. The zero-order valence-corrected chi connectivity index (χ0v) is 16.4. The Morgan fingerprint density at radius 2 is 1.71 bits per heavy atom. The molecule has 0 saturated carbocycles.